The maximum Gasteiger partial charge on any atom is 0.148 e. The van der Waals surface area contributed by atoms with Crippen LogP contribution in [-0.4, -0.2) is 11.6 Å². The Bertz CT molecular complexity index is 329. The number of Topliss-reactive ketones (excluding diaryl/α,β-unsaturated/α-hetero) is 2. The van der Waals surface area contributed by atoms with Crippen molar-refractivity contribution >= 4 is 11.6 Å². The molecular formula is C15H24O2. The van der Waals surface area contributed by atoms with Gasteiger partial charge in [-0.25, -0.2) is 0 Å². The van der Waals surface area contributed by atoms with Crippen LogP contribution in [0.5, 0.6) is 0 Å². The Morgan fingerprint density at radius 3 is 2.29 bits per heavy atom. The molecule has 0 aliphatic heterocycles. The highest BCUT2D eigenvalue weighted by molar-refractivity contribution is 6.05. The first-order chi connectivity index (χ1) is 7.84. The molecule has 1 atom stereocenters. The molecule has 0 bridgehead atoms. The molecule has 2 aliphatic carbocycles. The average molecular weight is 236 g/mol. The number of rotatable bonds is 1. The maximum atomic E-state index is 12.3. The van der Waals surface area contributed by atoms with Gasteiger partial charge < -0.3 is 0 Å². The predicted octanol–water partition coefficient (Wildman–Crippen LogP) is 3.53. The van der Waals surface area contributed by atoms with Crippen molar-refractivity contribution in [1.82, 2.24) is 0 Å². The minimum Gasteiger partial charge on any atom is -0.299 e. The van der Waals surface area contributed by atoms with E-state index in [1.807, 2.05) is 20.8 Å². The number of hydrogen-bond donors (Lipinski definition) is 0. The van der Waals surface area contributed by atoms with Crippen molar-refractivity contribution < 1.29 is 9.59 Å². The molecule has 2 saturated carbocycles. The molecule has 0 amide bonds. The molecule has 0 saturated heterocycles. The SMILES string of the molecule is CC(C)(C)C(=O)C1CC2(CCCC2)CCC1=O. The summed E-state index contributed by atoms with van der Waals surface area (Å²) in [5, 5.41) is 0. The zero-order valence-corrected chi connectivity index (χ0v) is 11.3. The molecule has 2 heteroatoms. The number of carbonyl (C=O) groups excluding carboxylic acids is 2. The molecule has 1 spiro atoms. The van der Waals surface area contributed by atoms with Gasteiger partial charge in [0.1, 0.15) is 11.6 Å². The van der Waals surface area contributed by atoms with Crippen molar-refractivity contribution in [2.75, 3.05) is 0 Å². The zero-order chi connectivity index (χ0) is 12.7. The van der Waals surface area contributed by atoms with E-state index in [4.69, 9.17) is 0 Å². The van der Waals surface area contributed by atoms with Crippen molar-refractivity contribution in [1.29, 1.82) is 0 Å². The fraction of sp³-hybridized carbons (Fsp3) is 0.867. The first-order valence-electron chi connectivity index (χ1n) is 6.91. The summed E-state index contributed by atoms with van der Waals surface area (Å²) in [6.07, 6.45) is 7.52. The van der Waals surface area contributed by atoms with Gasteiger partial charge in [0, 0.05) is 11.8 Å². The van der Waals surface area contributed by atoms with E-state index in [1.165, 1.54) is 25.7 Å². The lowest BCUT2D eigenvalue weighted by Gasteiger charge is -2.38. The Morgan fingerprint density at radius 2 is 1.76 bits per heavy atom. The van der Waals surface area contributed by atoms with Crippen molar-refractivity contribution in [3.05, 3.63) is 0 Å². The molecule has 0 N–H and O–H groups in total. The van der Waals surface area contributed by atoms with E-state index in [-0.39, 0.29) is 22.9 Å². The topological polar surface area (TPSA) is 34.1 Å². The van der Waals surface area contributed by atoms with Crippen LogP contribution in [0.15, 0.2) is 0 Å². The van der Waals surface area contributed by atoms with Crippen LogP contribution in [0, 0.1) is 16.7 Å². The van der Waals surface area contributed by atoms with Gasteiger partial charge in [0.25, 0.3) is 0 Å². The van der Waals surface area contributed by atoms with Crippen LogP contribution in [0.4, 0.5) is 0 Å². The molecule has 0 aromatic heterocycles. The van der Waals surface area contributed by atoms with Gasteiger partial charge in [-0.15, -0.1) is 0 Å². The van der Waals surface area contributed by atoms with Gasteiger partial charge in [0.2, 0.25) is 0 Å². The van der Waals surface area contributed by atoms with E-state index in [1.54, 1.807) is 0 Å². The lowest BCUT2D eigenvalue weighted by Crippen LogP contribution is -2.41. The standard InChI is InChI=1S/C15H24O2/c1-14(2,3)13(17)11-10-15(7-4-5-8-15)9-6-12(11)16/h11H,4-10H2,1-3H3. The minimum atomic E-state index is -0.378. The van der Waals surface area contributed by atoms with Crippen LogP contribution in [0.25, 0.3) is 0 Å². The zero-order valence-electron chi connectivity index (χ0n) is 11.3. The highest BCUT2D eigenvalue weighted by Crippen LogP contribution is 2.50. The predicted molar refractivity (Wildman–Crippen MR) is 67.7 cm³/mol. The summed E-state index contributed by atoms with van der Waals surface area (Å²) >= 11 is 0. The van der Waals surface area contributed by atoms with Crippen LogP contribution in [0.2, 0.25) is 0 Å². The average Bonchev–Trinajstić information content (AvgIpc) is 2.68. The molecule has 96 valence electrons. The summed E-state index contributed by atoms with van der Waals surface area (Å²) in [6, 6.07) is 0. The summed E-state index contributed by atoms with van der Waals surface area (Å²) in [5.41, 5.74) is -0.0447. The lowest BCUT2D eigenvalue weighted by molar-refractivity contribution is -0.141. The van der Waals surface area contributed by atoms with E-state index in [0.717, 1.165) is 12.8 Å². The van der Waals surface area contributed by atoms with E-state index in [0.29, 0.717) is 11.8 Å². The van der Waals surface area contributed by atoms with Gasteiger partial charge in [-0.2, -0.15) is 0 Å². The first kappa shape index (κ1) is 12.8. The molecule has 2 fully saturated rings. The number of carbonyl (C=O) groups is 2. The van der Waals surface area contributed by atoms with Gasteiger partial charge in [-0.1, -0.05) is 33.6 Å². The number of hydrogen-bond acceptors (Lipinski definition) is 2. The smallest absolute Gasteiger partial charge is 0.148 e. The van der Waals surface area contributed by atoms with Crippen molar-refractivity contribution in [2.45, 2.75) is 65.7 Å². The minimum absolute atomic E-state index is 0.161. The van der Waals surface area contributed by atoms with Crippen molar-refractivity contribution in [3.63, 3.8) is 0 Å². The van der Waals surface area contributed by atoms with Crippen LogP contribution in [-0.2, 0) is 9.59 Å². The molecule has 1 unspecified atom stereocenters. The molecule has 0 radical (unpaired) electrons. The van der Waals surface area contributed by atoms with Crippen LogP contribution < -0.4 is 0 Å². The highest BCUT2D eigenvalue weighted by atomic mass is 16.2. The summed E-state index contributed by atoms with van der Waals surface area (Å²) < 4.78 is 0. The van der Waals surface area contributed by atoms with Crippen molar-refractivity contribution in [2.24, 2.45) is 16.7 Å². The first-order valence-corrected chi connectivity index (χ1v) is 6.91. The maximum absolute atomic E-state index is 12.3. The van der Waals surface area contributed by atoms with Crippen LogP contribution >= 0.6 is 0 Å². The molecular weight excluding hydrogens is 212 g/mol. The van der Waals surface area contributed by atoms with Crippen LogP contribution in [0.3, 0.4) is 0 Å². The van der Waals surface area contributed by atoms with Gasteiger partial charge in [-0.05, 0) is 31.1 Å². The summed E-state index contributed by atoms with van der Waals surface area (Å²) in [6.45, 7) is 5.79. The third-order valence-corrected chi connectivity index (χ3v) is 4.65. The van der Waals surface area contributed by atoms with Gasteiger partial charge in [0.05, 0.1) is 5.92 Å². The Morgan fingerprint density at radius 1 is 1.18 bits per heavy atom. The largest absolute Gasteiger partial charge is 0.299 e. The molecule has 0 aromatic carbocycles. The normalized spacial score (nSPS) is 28.6. The fourth-order valence-corrected chi connectivity index (χ4v) is 3.55. The van der Waals surface area contributed by atoms with E-state index >= 15 is 0 Å². The highest BCUT2D eigenvalue weighted by Gasteiger charge is 2.46. The van der Waals surface area contributed by atoms with Gasteiger partial charge in [-0.3, -0.25) is 9.59 Å². The Labute approximate surface area is 104 Å². The summed E-state index contributed by atoms with van der Waals surface area (Å²) in [4.78, 5) is 24.4. The second-order valence-electron chi connectivity index (χ2n) is 7.04. The van der Waals surface area contributed by atoms with Crippen molar-refractivity contribution in [3.8, 4) is 0 Å². The summed E-state index contributed by atoms with van der Waals surface area (Å²) in [7, 11) is 0. The molecule has 17 heavy (non-hydrogen) atoms. The Hall–Kier alpha value is -0.660. The lowest BCUT2D eigenvalue weighted by atomic mass is 9.64. The van der Waals surface area contributed by atoms with Crippen LogP contribution in [0.1, 0.15) is 65.7 Å². The third-order valence-electron chi connectivity index (χ3n) is 4.65. The van der Waals surface area contributed by atoms with E-state index in [2.05, 4.69) is 0 Å². The molecule has 2 aliphatic rings. The molecule has 0 heterocycles. The quantitative estimate of drug-likeness (QED) is 0.653. The monoisotopic (exact) mass is 236 g/mol. The van der Waals surface area contributed by atoms with Gasteiger partial charge >= 0.3 is 0 Å². The molecule has 2 rings (SSSR count). The second-order valence-corrected chi connectivity index (χ2v) is 7.04. The van der Waals surface area contributed by atoms with Gasteiger partial charge in [0.15, 0.2) is 0 Å². The third kappa shape index (κ3) is 2.46. The Balaban J connectivity index is 2.15. The molecule has 0 aromatic rings. The van der Waals surface area contributed by atoms with E-state index in [9.17, 15) is 9.59 Å². The van der Waals surface area contributed by atoms with E-state index < -0.39 is 0 Å². The molecule has 2 nitrogen and oxygen atoms in total. The number of ketones is 2. The second kappa shape index (κ2) is 4.22. The fourth-order valence-electron chi connectivity index (χ4n) is 3.55. The Kier molecular flexibility index (Phi) is 3.17. The summed E-state index contributed by atoms with van der Waals surface area (Å²) in [5.74, 6) is 0.0535.